The van der Waals surface area contributed by atoms with Crippen LogP contribution in [-0.2, 0) is 20.7 Å². The molecule has 2 aromatic carbocycles. The van der Waals surface area contributed by atoms with Crippen LogP contribution in [0.4, 0.5) is 0 Å². The Kier molecular flexibility index (Phi) is 5.59. The number of fused-ring (bicyclic) bond motifs is 1. The third kappa shape index (κ3) is 3.59. The fraction of sp³-hybridized carbons (Fsp3) is 0.333. The van der Waals surface area contributed by atoms with Crippen LogP contribution in [0.5, 0.6) is 5.75 Å². The molecule has 0 aromatic heterocycles. The maximum atomic E-state index is 13.0. The Morgan fingerprint density at radius 2 is 2.07 bits per heavy atom. The van der Waals surface area contributed by atoms with Gasteiger partial charge in [-0.1, -0.05) is 29.8 Å². The number of aliphatic hydroxyl groups is 1. The molecule has 0 saturated carbocycles. The van der Waals surface area contributed by atoms with E-state index < -0.39 is 17.7 Å². The number of ketones is 1. The summed E-state index contributed by atoms with van der Waals surface area (Å²) in [5.74, 6) is -0.609. The summed E-state index contributed by atoms with van der Waals surface area (Å²) in [4.78, 5) is 27.4. The quantitative estimate of drug-likeness (QED) is 0.344. The first kappa shape index (κ1) is 20.2. The topological polar surface area (TPSA) is 76.1 Å². The van der Waals surface area contributed by atoms with Gasteiger partial charge >= 0.3 is 0 Å². The van der Waals surface area contributed by atoms with Gasteiger partial charge in [0.15, 0.2) is 0 Å². The zero-order chi connectivity index (χ0) is 21.3. The second-order valence-corrected chi connectivity index (χ2v) is 7.67. The van der Waals surface area contributed by atoms with Gasteiger partial charge in [-0.2, -0.15) is 0 Å². The lowest BCUT2D eigenvalue weighted by molar-refractivity contribution is -0.140. The number of hydrogen-bond donors (Lipinski definition) is 1. The highest BCUT2D eigenvalue weighted by Crippen LogP contribution is 2.40. The second kappa shape index (κ2) is 8.32. The molecule has 0 bridgehead atoms. The fourth-order valence-electron chi connectivity index (χ4n) is 4.17. The van der Waals surface area contributed by atoms with E-state index in [1.54, 1.807) is 19.2 Å². The summed E-state index contributed by atoms with van der Waals surface area (Å²) in [5.41, 5.74) is 3.46. The summed E-state index contributed by atoms with van der Waals surface area (Å²) < 4.78 is 10.6. The molecule has 1 saturated heterocycles. The number of nitrogens with zero attached hydrogens (tertiary/aromatic N) is 1. The number of likely N-dealkylation sites (tertiary alicyclic amines) is 1. The molecule has 2 heterocycles. The molecule has 156 valence electrons. The van der Waals surface area contributed by atoms with Crippen molar-refractivity contribution in [1.29, 1.82) is 0 Å². The lowest BCUT2D eigenvalue weighted by atomic mass is 9.94. The standard InChI is InChI=1S/C24H25NO5/c1-15-5-3-6-17(13-15)21-20(23(27)24(28)25(21)10-4-11-29-2)22(26)18-7-8-19-16(14-18)9-12-30-19/h3,5-8,13-14,21,26H,4,9-12H2,1-2H3/b22-20-. The van der Waals surface area contributed by atoms with Crippen molar-refractivity contribution in [3.05, 3.63) is 70.3 Å². The Hall–Kier alpha value is -3.12. The van der Waals surface area contributed by atoms with E-state index in [2.05, 4.69) is 0 Å². The number of amides is 1. The Morgan fingerprint density at radius 3 is 2.83 bits per heavy atom. The van der Waals surface area contributed by atoms with E-state index >= 15 is 0 Å². The van der Waals surface area contributed by atoms with Gasteiger partial charge in [-0.3, -0.25) is 9.59 Å². The van der Waals surface area contributed by atoms with Crippen LogP contribution >= 0.6 is 0 Å². The number of rotatable bonds is 6. The van der Waals surface area contributed by atoms with Gasteiger partial charge in [0.05, 0.1) is 18.2 Å². The number of Topliss-reactive ketones (excluding diaryl/α,β-unsaturated/α-hetero) is 1. The first-order chi connectivity index (χ1) is 14.5. The van der Waals surface area contributed by atoms with Gasteiger partial charge in [0.25, 0.3) is 11.7 Å². The second-order valence-electron chi connectivity index (χ2n) is 7.67. The Balaban J connectivity index is 1.81. The molecular formula is C24H25NO5. The van der Waals surface area contributed by atoms with Gasteiger partial charge in [-0.25, -0.2) is 0 Å². The molecule has 4 rings (SSSR count). The average Bonchev–Trinajstić information content (AvgIpc) is 3.31. The Labute approximate surface area is 175 Å². The number of carbonyl (C=O) groups excluding carboxylic acids is 2. The average molecular weight is 407 g/mol. The van der Waals surface area contributed by atoms with E-state index in [0.717, 1.165) is 28.9 Å². The molecule has 6 nitrogen and oxygen atoms in total. The van der Waals surface area contributed by atoms with Crippen LogP contribution in [0.15, 0.2) is 48.0 Å². The lowest BCUT2D eigenvalue weighted by Crippen LogP contribution is -2.31. The number of methoxy groups -OCH3 is 1. The van der Waals surface area contributed by atoms with E-state index in [-0.39, 0.29) is 11.3 Å². The monoisotopic (exact) mass is 407 g/mol. The summed E-state index contributed by atoms with van der Waals surface area (Å²) in [5, 5.41) is 11.1. The van der Waals surface area contributed by atoms with Crippen molar-refractivity contribution in [3.8, 4) is 5.75 Å². The molecule has 1 unspecified atom stereocenters. The molecule has 2 aliphatic rings. The van der Waals surface area contributed by atoms with Gasteiger partial charge in [0, 0.05) is 32.2 Å². The highest BCUT2D eigenvalue weighted by atomic mass is 16.5. The number of hydrogen-bond acceptors (Lipinski definition) is 5. The van der Waals surface area contributed by atoms with Gasteiger partial charge in [-0.15, -0.1) is 0 Å². The van der Waals surface area contributed by atoms with E-state index in [1.807, 2.05) is 37.3 Å². The Morgan fingerprint density at radius 1 is 1.23 bits per heavy atom. The van der Waals surface area contributed by atoms with E-state index in [9.17, 15) is 14.7 Å². The Bertz CT molecular complexity index is 1030. The molecule has 6 heteroatoms. The third-order valence-electron chi connectivity index (χ3n) is 5.61. The highest BCUT2D eigenvalue weighted by molar-refractivity contribution is 6.46. The van der Waals surface area contributed by atoms with Crippen LogP contribution in [-0.4, -0.2) is 48.6 Å². The number of carbonyl (C=O) groups is 2. The number of ether oxygens (including phenoxy) is 2. The van der Waals surface area contributed by atoms with E-state index in [1.165, 1.54) is 4.90 Å². The molecule has 30 heavy (non-hydrogen) atoms. The van der Waals surface area contributed by atoms with Crippen LogP contribution in [0.1, 0.15) is 34.7 Å². The van der Waals surface area contributed by atoms with Crippen LogP contribution in [0.25, 0.3) is 5.76 Å². The predicted octanol–water partition coefficient (Wildman–Crippen LogP) is 3.39. The maximum Gasteiger partial charge on any atom is 0.295 e. The van der Waals surface area contributed by atoms with Crippen molar-refractivity contribution in [3.63, 3.8) is 0 Å². The van der Waals surface area contributed by atoms with Crippen molar-refractivity contribution in [2.24, 2.45) is 0 Å². The van der Waals surface area contributed by atoms with E-state index in [0.29, 0.717) is 31.7 Å². The molecule has 1 N–H and O–H groups in total. The van der Waals surface area contributed by atoms with Gasteiger partial charge < -0.3 is 19.5 Å². The molecule has 0 radical (unpaired) electrons. The van der Waals surface area contributed by atoms with Crippen LogP contribution in [0.3, 0.4) is 0 Å². The minimum atomic E-state index is -0.659. The molecule has 1 atom stereocenters. The lowest BCUT2D eigenvalue weighted by Gasteiger charge is -2.25. The van der Waals surface area contributed by atoms with Crippen LogP contribution < -0.4 is 4.74 Å². The predicted molar refractivity (Wildman–Crippen MR) is 112 cm³/mol. The zero-order valence-corrected chi connectivity index (χ0v) is 17.2. The summed E-state index contributed by atoms with van der Waals surface area (Å²) in [6.07, 6.45) is 1.35. The molecule has 1 amide bonds. The molecular weight excluding hydrogens is 382 g/mol. The fourth-order valence-corrected chi connectivity index (χ4v) is 4.17. The van der Waals surface area contributed by atoms with Crippen molar-refractivity contribution < 1.29 is 24.2 Å². The first-order valence-electron chi connectivity index (χ1n) is 10.1. The maximum absolute atomic E-state index is 13.0. The highest BCUT2D eigenvalue weighted by Gasteiger charge is 2.45. The minimum absolute atomic E-state index is 0.127. The third-order valence-corrected chi connectivity index (χ3v) is 5.61. The van der Waals surface area contributed by atoms with Crippen LogP contribution in [0.2, 0.25) is 0 Å². The summed E-state index contributed by atoms with van der Waals surface area (Å²) in [6, 6.07) is 12.4. The number of benzene rings is 2. The summed E-state index contributed by atoms with van der Waals surface area (Å²) in [6.45, 7) is 3.41. The smallest absolute Gasteiger partial charge is 0.295 e. The molecule has 1 fully saturated rings. The molecule has 2 aliphatic heterocycles. The van der Waals surface area contributed by atoms with Crippen molar-refractivity contribution in [1.82, 2.24) is 4.90 Å². The van der Waals surface area contributed by atoms with Crippen LogP contribution in [0, 0.1) is 6.92 Å². The first-order valence-corrected chi connectivity index (χ1v) is 10.1. The van der Waals surface area contributed by atoms with Gasteiger partial charge in [0.2, 0.25) is 0 Å². The number of aryl methyl sites for hydroxylation is 1. The van der Waals surface area contributed by atoms with Gasteiger partial charge in [0.1, 0.15) is 11.5 Å². The van der Waals surface area contributed by atoms with E-state index in [4.69, 9.17) is 9.47 Å². The zero-order valence-electron chi connectivity index (χ0n) is 17.2. The van der Waals surface area contributed by atoms with Gasteiger partial charge in [-0.05, 0) is 42.7 Å². The summed E-state index contributed by atoms with van der Waals surface area (Å²) >= 11 is 0. The largest absolute Gasteiger partial charge is 0.507 e. The SMILES string of the molecule is COCCCN1C(=O)C(=O)/C(=C(\O)c2ccc3c(c2)CCO3)C1c1cccc(C)c1. The van der Waals surface area contributed by atoms with Crippen molar-refractivity contribution in [2.45, 2.75) is 25.8 Å². The summed E-state index contributed by atoms with van der Waals surface area (Å²) in [7, 11) is 1.60. The molecule has 2 aromatic rings. The number of aliphatic hydroxyl groups excluding tert-OH is 1. The normalized spacial score (nSPS) is 19.8. The molecule has 0 spiro atoms. The van der Waals surface area contributed by atoms with Crippen molar-refractivity contribution >= 4 is 17.4 Å². The van der Waals surface area contributed by atoms with Crippen molar-refractivity contribution in [2.75, 3.05) is 26.9 Å². The molecule has 0 aliphatic carbocycles. The minimum Gasteiger partial charge on any atom is -0.507 e.